The average molecular weight is 427 g/mol. The standard InChI is InChI=1S/C20H20Cl2O6/c21-13-5-1-3-11(7-13)19-26-10-16(27-19)17(24)18-15(23)9-25-20(28-18)12-4-2-6-14(22)8-12/h1-8,15-20,23-24H,9-10H2/t15-,16+,17+,18+,19?,20?/m0/s1. The van der Waals surface area contributed by atoms with Crippen LogP contribution in [0.5, 0.6) is 0 Å². The highest BCUT2D eigenvalue weighted by molar-refractivity contribution is 6.30. The molecule has 0 spiro atoms. The van der Waals surface area contributed by atoms with E-state index in [-0.39, 0.29) is 13.2 Å². The fourth-order valence-electron chi connectivity index (χ4n) is 3.33. The second-order valence-electron chi connectivity index (χ2n) is 6.77. The first-order valence-electron chi connectivity index (χ1n) is 8.92. The summed E-state index contributed by atoms with van der Waals surface area (Å²) in [5.41, 5.74) is 1.46. The third-order valence-corrected chi connectivity index (χ3v) is 5.22. The maximum Gasteiger partial charge on any atom is 0.184 e. The van der Waals surface area contributed by atoms with Gasteiger partial charge in [0.1, 0.15) is 24.4 Å². The SMILES string of the molecule is O[C@@H]([C@@H]1OC(c2cccc(Cl)c2)OC[C@@H]1O)[C@H]1COC(c2cccc(Cl)c2)O1. The fraction of sp³-hybridized carbons (Fsp3) is 0.400. The second kappa shape index (κ2) is 8.65. The van der Waals surface area contributed by atoms with Gasteiger partial charge in [-0.3, -0.25) is 0 Å². The molecule has 0 radical (unpaired) electrons. The number of ether oxygens (including phenoxy) is 4. The zero-order chi connectivity index (χ0) is 19.7. The molecule has 28 heavy (non-hydrogen) atoms. The quantitative estimate of drug-likeness (QED) is 0.781. The van der Waals surface area contributed by atoms with Gasteiger partial charge in [-0.15, -0.1) is 0 Å². The first-order chi connectivity index (χ1) is 13.5. The van der Waals surface area contributed by atoms with Crippen LogP contribution in [0.1, 0.15) is 23.7 Å². The number of benzene rings is 2. The van der Waals surface area contributed by atoms with Crippen molar-refractivity contribution in [2.45, 2.75) is 37.0 Å². The molecule has 2 aromatic carbocycles. The third kappa shape index (κ3) is 4.35. The Bertz CT molecular complexity index is 819. The van der Waals surface area contributed by atoms with Crippen LogP contribution in [-0.4, -0.2) is 47.8 Å². The van der Waals surface area contributed by atoms with Crippen molar-refractivity contribution < 1.29 is 29.2 Å². The van der Waals surface area contributed by atoms with Crippen molar-refractivity contribution in [3.63, 3.8) is 0 Å². The molecule has 0 amide bonds. The zero-order valence-corrected chi connectivity index (χ0v) is 16.3. The molecule has 2 N–H and O–H groups in total. The molecular formula is C20H20Cl2O6. The van der Waals surface area contributed by atoms with Crippen LogP contribution in [0, 0.1) is 0 Å². The first kappa shape index (κ1) is 20.1. The van der Waals surface area contributed by atoms with Gasteiger partial charge in [0, 0.05) is 21.2 Å². The molecule has 4 rings (SSSR count). The number of halogens is 2. The minimum absolute atomic E-state index is 0.0181. The van der Waals surface area contributed by atoms with Gasteiger partial charge in [-0.1, -0.05) is 47.5 Å². The Morgan fingerprint density at radius 2 is 1.43 bits per heavy atom. The summed E-state index contributed by atoms with van der Waals surface area (Å²) in [5, 5.41) is 22.2. The molecule has 0 aromatic heterocycles. The molecule has 6 nitrogen and oxygen atoms in total. The van der Waals surface area contributed by atoms with E-state index in [0.717, 1.165) is 5.56 Å². The van der Waals surface area contributed by atoms with Gasteiger partial charge in [0.15, 0.2) is 12.6 Å². The van der Waals surface area contributed by atoms with E-state index in [4.69, 9.17) is 42.1 Å². The predicted octanol–water partition coefficient (Wildman–Crippen LogP) is 3.24. The van der Waals surface area contributed by atoms with Gasteiger partial charge >= 0.3 is 0 Å². The molecule has 2 heterocycles. The van der Waals surface area contributed by atoms with E-state index in [2.05, 4.69) is 0 Å². The fourth-order valence-corrected chi connectivity index (χ4v) is 3.73. The van der Waals surface area contributed by atoms with E-state index < -0.39 is 37.0 Å². The number of hydrogen-bond acceptors (Lipinski definition) is 6. The zero-order valence-electron chi connectivity index (χ0n) is 14.8. The molecule has 0 saturated carbocycles. The van der Waals surface area contributed by atoms with Crippen LogP contribution in [0.2, 0.25) is 10.0 Å². The monoisotopic (exact) mass is 426 g/mol. The Hall–Kier alpha value is -1.22. The number of hydrogen-bond donors (Lipinski definition) is 2. The van der Waals surface area contributed by atoms with Crippen LogP contribution < -0.4 is 0 Å². The molecule has 2 aliphatic rings. The summed E-state index contributed by atoms with van der Waals surface area (Å²) >= 11 is 12.0. The lowest BCUT2D eigenvalue weighted by molar-refractivity contribution is -0.283. The molecule has 2 aromatic rings. The summed E-state index contributed by atoms with van der Waals surface area (Å²) in [6.45, 7) is 0.178. The van der Waals surface area contributed by atoms with Gasteiger partial charge in [0.25, 0.3) is 0 Å². The van der Waals surface area contributed by atoms with Crippen molar-refractivity contribution in [3.05, 3.63) is 69.7 Å². The molecule has 2 saturated heterocycles. The van der Waals surface area contributed by atoms with E-state index in [1.807, 2.05) is 12.1 Å². The van der Waals surface area contributed by atoms with Crippen LogP contribution in [0.25, 0.3) is 0 Å². The highest BCUT2D eigenvalue weighted by Crippen LogP contribution is 2.34. The van der Waals surface area contributed by atoms with Gasteiger partial charge in [-0.25, -0.2) is 0 Å². The normalized spacial score (nSPS) is 31.6. The minimum atomic E-state index is -1.11. The van der Waals surface area contributed by atoms with Crippen molar-refractivity contribution in [3.8, 4) is 0 Å². The topological polar surface area (TPSA) is 77.4 Å². The predicted molar refractivity (Wildman–Crippen MR) is 102 cm³/mol. The lowest BCUT2D eigenvalue weighted by Gasteiger charge is -2.37. The minimum Gasteiger partial charge on any atom is -0.388 e. The van der Waals surface area contributed by atoms with Crippen molar-refractivity contribution in [1.82, 2.24) is 0 Å². The largest absolute Gasteiger partial charge is 0.388 e. The summed E-state index contributed by atoms with van der Waals surface area (Å²) in [5.74, 6) is 0. The molecule has 2 unspecified atom stereocenters. The van der Waals surface area contributed by atoms with Crippen molar-refractivity contribution >= 4 is 23.2 Å². The van der Waals surface area contributed by atoms with E-state index in [1.165, 1.54) is 0 Å². The average Bonchev–Trinajstić information content (AvgIpc) is 3.18. The summed E-state index contributed by atoms with van der Waals surface area (Å²) < 4.78 is 22.9. The van der Waals surface area contributed by atoms with E-state index in [0.29, 0.717) is 15.6 Å². The van der Waals surface area contributed by atoms with Crippen molar-refractivity contribution in [2.75, 3.05) is 13.2 Å². The lowest BCUT2D eigenvalue weighted by Crippen LogP contribution is -2.52. The molecule has 0 aliphatic carbocycles. The van der Waals surface area contributed by atoms with Crippen LogP contribution >= 0.6 is 23.2 Å². The van der Waals surface area contributed by atoms with Gasteiger partial charge in [0.05, 0.1) is 13.2 Å². The lowest BCUT2D eigenvalue weighted by atomic mass is 10.0. The summed E-state index contributed by atoms with van der Waals surface area (Å²) in [7, 11) is 0. The van der Waals surface area contributed by atoms with Crippen LogP contribution in [-0.2, 0) is 18.9 Å². The Morgan fingerprint density at radius 3 is 2.04 bits per heavy atom. The molecular weight excluding hydrogens is 407 g/mol. The first-order valence-corrected chi connectivity index (χ1v) is 9.68. The Morgan fingerprint density at radius 1 is 0.857 bits per heavy atom. The van der Waals surface area contributed by atoms with Crippen molar-refractivity contribution in [1.29, 1.82) is 0 Å². The van der Waals surface area contributed by atoms with Gasteiger partial charge < -0.3 is 29.2 Å². The van der Waals surface area contributed by atoms with Gasteiger partial charge in [-0.05, 0) is 24.3 Å². The van der Waals surface area contributed by atoms with Gasteiger partial charge in [0.2, 0.25) is 0 Å². The number of aliphatic hydroxyl groups is 2. The van der Waals surface area contributed by atoms with Gasteiger partial charge in [-0.2, -0.15) is 0 Å². The number of aliphatic hydroxyl groups excluding tert-OH is 2. The summed E-state index contributed by atoms with van der Waals surface area (Å²) in [6, 6.07) is 14.2. The molecule has 2 fully saturated rings. The molecule has 8 heteroatoms. The third-order valence-electron chi connectivity index (χ3n) is 4.75. The van der Waals surface area contributed by atoms with Crippen LogP contribution in [0.15, 0.2) is 48.5 Å². The Labute approximate surface area is 172 Å². The smallest absolute Gasteiger partial charge is 0.184 e. The van der Waals surface area contributed by atoms with Crippen LogP contribution in [0.3, 0.4) is 0 Å². The molecule has 2 aliphatic heterocycles. The van der Waals surface area contributed by atoms with Crippen molar-refractivity contribution in [2.24, 2.45) is 0 Å². The second-order valence-corrected chi connectivity index (χ2v) is 7.65. The van der Waals surface area contributed by atoms with Crippen LogP contribution in [0.4, 0.5) is 0 Å². The molecule has 0 bridgehead atoms. The Kier molecular flexibility index (Phi) is 6.20. The maximum atomic E-state index is 10.8. The van der Waals surface area contributed by atoms with E-state index in [1.54, 1.807) is 36.4 Å². The molecule has 150 valence electrons. The summed E-state index contributed by atoms with van der Waals surface area (Å²) in [6.07, 6.45) is -5.05. The van der Waals surface area contributed by atoms with E-state index >= 15 is 0 Å². The number of rotatable bonds is 4. The Balaban J connectivity index is 1.44. The highest BCUT2D eigenvalue weighted by atomic mass is 35.5. The maximum absolute atomic E-state index is 10.8. The summed E-state index contributed by atoms with van der Waals surface area (Å²) in [4.78, 5) is 0. The van der Waals surface area contributed by atoms with E-state index in [9.17, 15) is 10.2 Å². The molecule has 6 atom stereocenters. The highest BCUT2D eigenvalue weighted by Gasteiger charge is 2.43.